The topological polar surface area (TPSA) is 49.3 Å². The first-order valence-corrected chi connectivity index (χ1v) is 8.15. The number of thiophene rings is 1. The second-order valence-corrected chi connectivity index (χ2v) is 7.22. The molecule has 0 aliphatic heterocycles. The minimum Gasteiger partial charge on any atom is -0.465 e. The Morgan fingerprint density at radius 3 is 2.95 bits per heavy atom. The molecular weight excluding hydrogens is 365 g/mol. The predicted molar refractivity (Wildman–Crippen MR) is 82.3 cm³/mol. The minimum atomic E-state index is -1.02. The van der Waals surface area contributed by atoms with Gasteiger partial charge >= 0.3 is 6.09 Å². The highest BCUT2D eigenvalue weighted by Crippen LogP contribution is 2.40. The second-order valence-electron chi connectivity index (χ2n) is 3.89. The van der Waals surface area contributed by atoms with Crippen LogP contribution in [-0.4, -0.2) is 17.7 Å². The molecule has 2 rings (SSSR count). The number of hydrogen-bond donors (Lipinski definition) is 2. The van der Waals surface area contributed by atoms with Crippen molar-refractivity contribution in [3.8, 4) is 0 Å². The number of benzene rings is 1. The summed E-state index contributed by atoms with van der Waals surface area (Å²) in [6.45, 7) is 0.381. The van der Waals surface area contributed by atoms with Gasteiger partial charge in [-0.05, 0) is 46.6 Å². The third-order valence-electron chi connectivity index (χ3n) is 2.36. The molecule has 106 valence electrons. The van der Waals surface area contributed by atoms with E-state index < -0.39 is 6.09 Å². The van der Waals surface area contributed by atoms with E-state index in [1.54, 1.807) is 17.4 Å². The summed E-state index contributed by atoms with van der Waals surface area (Å²) in [5.41, 5.74) is 0. The van der Waals surface area contributed by atoms with Crippen molar-refractivity contribution < 1.29 is 14.3 Å². The van der Waals surface area contributed by atoms with E-state index >= 15 is 0 Å². The standard InChI is InChI=1S/C13H11BrFNO2S2/c14-11-7-10(4-5-16-13(17)18)20-12(11)19-9-3-1-2-8(15)6-9/h1-3,6-7,16H,4-5H2,(H,17,18). The van der Waals surface area contributed by atoms with E-state index in [9.17, 15) is 9.18 Å². The molecule has 0 unspecified atom stereocenters. The predicted octanol–water partition coefficient (Wildman–Crippen LogP) is 4.61. The number of halogens is 2. The van der Waals surface area contributed by atoms with E-state index in [2.05, 4.69) is 21.2 Å². The van der Waals surface area contributed by atoms with Crippen molar-refractivity contribution in [1.29, 1.82) is 0 Å². The van der Waals surface area contributed by atoms with Gasteiger partial charge in [-0.2, -0.15) is 0 Å². The van der Waals surface area contributed by atoms with E-state index in [0.717, 1.165) is 18.5 Å². The molecule has 1 amide bonds. The normalized spacial score (nSPS) is 10.5. The maximum absolute atomic E-state index is 13.1. The van der Waals surface area contributed by atoms with Crippen LogP contribution in [0.25, 0.3) is 0 Å². The molecule has 0 saturated carbocycles. The highest BCUT2D eigenvalue weighted by molar-refractivity contribution is 9.10. The number of carbonyl (C=O) groups is 1. The van der Waals surface area contributed by atoms with Crippen LogP contribution in [0.4, 0.5) is 9.18 Å². The lowest BCUT2D eigenvalue weighted by molar-refractivity contribution is 0.194. The van der Waals surface area contributed by atoms with E-state index in [-0.39, 0.29) is 5.82 Å². The van der Waals surface area contributed by atoms with Crippen molar-refractivity contribution in [2.24, 2.45) is 0 Å². The molecule has 20 heavy (non-hydrogen) atoms. The maximum Gasteiger partial charge on any atom is 0.404 e. The minimum absolute atomic E-state index is 0.256. The molecule has 0 aliphatic rings. The average Bonchev–Trinajstić information content (AvgIpc) is 2.69. The molecule has 1 aromatic heterocycles. The van der Waals surface area contributed by atoms with Gasteiger partial charge in [0.15, 0.2) is 0 Å². The summed E-state index contributed by atoms with van der Waals surface area (Å²) in [4.78, 5) is 12.3. The van der Waals surface area contributed by atoms with Crippen LogP contribution in [0.1, 0.15) is 4.88 Å². The van der Waals surface area contributed by atoms with Crippen LogP contribution in [0.15, 0.2) is 43.9 Å². The first kappa shape index (κ1) is 15.3. The van der Waals surface area contributed by atoms with Gasteiger partial charge in [-0.1, -0.05) is 17.8 Å². The van der Waals surface area contributed by atoms with E-state index in [1.807, 2.05) is 12.1 Å². The molecule has 0 saturated heterocycles. The molecule has 2 N–H and O–H groups in total. The van der Waals surface area contributed by atoms with Crippen LogP contribution >= 0.6 is 39.0 Å². The monoisotopic (exact) mass is 375 g/mol. The van der Waals surface area contributed by atoms with Crippen LogP contribution in [0.3, 0.4) is 0 Å². The summed E-state index contributed by atoms with van der Waals surface area (Å²) in [7, 11) is 0. The van der Waals surface area contributed by atoms with Gasteiger partial charge in [-0.3, -0.25) is 0 Å². The molecule has 0 atom stereocenters. The molecule has 0 bridgehead atoms. The molecule has 0 spiro atoms. The van der Waals surface area contributed by atoms with E-state index in [4.69, 9.17) is 5.11 Å². The summed E-state index contributed by atoms with van der Waals surface area (Å²) in [6.07, 6.45) is -0.380. The summed E-state index contributed by atoms with van der Waals surface area (Å²) in [5.74, 6) is -0.256. The number of amides is 1. The summed E-state index contributed by atoms with van der Waals surface area (Å²) in [5, 5.41) is 10.8. The number of carboxylic acid groups (broad SMARTS) is 1. The Hall–Kier alpha value is -1.05. The van der Waals surface area contributed by atoms with Gasteiger partial charge in [0.2, 0.25) is 0 Å². The van der Waals surface area contributed by atoms with E-state index in [1.165, 1.54) is 23.9 Å². The molecule has 2 aromatic rings. The highest BCUT2D eigenvalue weighted by atomic mass is 79.9. The lowest BCUT2D eigenvalue weighted by Crippen LogP contribution is -2.22. The fraction of sp³-hybridized carbons (Fsp3) is 0.154. The zero-order valence-corrected chi connectivity index (χ0v) is 13.4. The molecule has 0 radical (unpaired) electrons. The van der Waals surface area contributed by atoms with Gasteiger partial charge in [0, 0.05) is 20.8 Å². The van der Waals surface area contributed by atoms with Gasteiger partial charge in [-0.15, -0.1) is 11.3 Å². The average molecular weight is 376 g/mol. The van der Waals surface area contributed by atoms with Crippen LogP contribution < -0.4 is 5.32 Å². The van der Waals surface area contributed by atoms with Crippen molar-refractivity contribution in [3.63, 3.8) is 0 Å². The SMILES string of the molecule is O=C(O)NCCc1cc(Br)c(Sc2cccc(F)c2)s1. The summed E-state index contributed by atoms with van der Waals surface area (Å²) >= 11 is 6.53. The third kappa shape index (κ3) is 4.50. The van der Waals surface area contributed by atoms with Gasteiger partial charge in [0.1, 0.15) is 5.82 Å². The van der Waals surface area contributed by atoms with Crippen molar-refractivity contribution in [2.75, 3.05) is 6.54 Å². The van der Waals surface area contributed by atoms with Crippen molar-refractivity contribution in [2.45, 2.75) is 15.5 Å². The van der Waals surface area contributed by atoms with Crippen molar-refractivity contribution >= 4 is 45.1 Å². The Labute approximate surface area is 132 Å². The summed E-state index contributed by atoms with van der Waals surface area (Å²) < 4.78 is 15.1. The largest absolute Gasteiger partial charge is 0.465 e. The van der Waals surface area contributed by atoms with Gasteiger partial charge in [0.25, 0.3) is 0 Å². The quantitative estimate of drug-likeness (QED) is 0.801. The second kappa shape index (κ2) is 7.10. The Morgan fingerprint density at radius 2 is 2.25 bits per heavy atom. The zero-order chi connectivity index (χ0) is 14.5. The number of rotatable bonds is 5. The van der Waals surface area contributed by atoms with Gasteiger partial charge in [-0.25, -0.2) is 9.18 Å². The van der Waals surface area contributed by atoms with Gasteiger partial charge in [0.05, 0.1) is 4.21 Å². The lowest BCUT2D eigenvalue weighted by Gasteiger charge is -1.99. The Bertz CT molecular complexity index is 618. The molecule has 0 aliphatic carbocycles. The summed E-state index contributed by atoms with van der Waals surface area (Å²) in [6, 6.07) is 8.40. The van der Waals surface area contributed by atoms with Crippen molar-refractivity contribution in [1.82, 2.24) is 5.32 Å². The fourth-order valence-electron chi connectivity index (χ4n) is 1.52. The highest BCUT2D eigenvalue weighted by Gasteiger charge is 2.09. The number of nitrogens with one attached hydrogen (secondary N) is 1. The molecule has 1 heterocycles. The third-order valence-corrected chi connectivity index (χ3v) is 5.90. The smallest absolute Gasteiger partial charge is 0.404 e. The molecule has 7 heteroatoms. The van der Waals surface area contributed by atoms with Crippen LogP contribution in [0.2, 0.25) is 0 Å². The Kier molecular flexibility index (Phi) is 5.45. The molecule has 1 aromatic carbocycles. The zero-order valence-electron chi connectivity index (χ0n) is 10.2. The Morgan fingerprint density at radius 1 is 1.45 bits per heavy atom. The molecule has 3 nitrogen and oxygen atoms in total. The first-order valence-electron chi connectivity index (χ1n) is 5.73. The van der Waals surface area contributed by atoms with Crippen LogP contribution in [0, 0.1) is 5.82 Å². The first-order chi connectivity index (χ1) is 9.54. The molecule has 0 fully saturated rings. The van der Waals surface area contributed by atoms with Crippen LogP contribution in [-0.2, 0) is 6.42 Å². The fourth-order valence-corrected chi connectivity index (χ4v) is 4.67. The van der Waals surface area contributed by atoms with Crippen molar-refractivity contribution in [3.05, 3.63) is 45.5 Å². The van der Waals surface area contributed by atoms with Gasteiger partial charge < -0.3 is 10.4 Å². The maximum atomic E-state index is 13.1. The molecular formula is C13H11BrFNO2S2. The van der Waals surface area contributed by atoms with E-state index in [0.29, 0.717) is 13.0 Å². The van der Waals surface area contributed by atoms with Crippen LogP contribution in [0.5, 0.6) is 0 Å². The Balaban J connectivity index is 2.02. The lowest BCUT2D eigenvalue weighted by atomic mass is 10.3. The number of hydrogen-bond acceptors (Lipinski definition) is 3.